The predicted molar refractivity (Wildman–Crippen MR) is 112 cm³/mol. The molecule has 7 heteroatoms. The number of nitriles is 1. The van der Waals surface area contributed by atoms with Gasteiger partial charge in [0.2, 0.25) is 0 Å². The number of carboxylic acid groups (broad SMARTS) is 1. The van der Waals surface area contributed by atoms with Crippen LogP contribution in [0.1, 0.15) is 5.56 Å². The van der Waals surface area contributed by atoms with Crippen molar-refractivity contribution in [3.05, 3.63) is 84.4 Å². The van der Waals surface area contributed by atoms with Crippen molar-refractivity contribution in [2.75, 3.05) is 12.4 Å². The lowest BCUT2D eigenvalue weighted by Gasteiger charge is -2.14. The molecule has 0 fully saturated rings. The number of carbonyl (C=O) groups is 1. The van der Waals surface area contributed by atoms with Crippen LogP contribution in [0.4, 0.5) is 0 Å². The Morgan fingerprint density at radius 3 is 2.03 bits per heavy atom. The van der Waals surface area contributed by atoms with Gasteiger partial charge in [0.15, 0.2) is 9.84 Å². The van der Waals surface area contributed by atoms with Gasteiger partial charge in [-0.05, 0) is 47.5 Å². The Hall–Kier alpha value is -3.63. The minimum Gasteiger partial charge on any atom is -0.493 e. The van der Waals surface area contributed by atoms with Gasteiger partial charge in [-0.1, -0.05) is 42.5 Å². The monoisotopic (exact) mass is 421 g/mol. The molecule has 0 bridgehead atoms. The lowest BCUT2D eigenvalue weighted by molar-refractivity contribution is -0.141. The van der Waals surface area contributed by atoms with Crippen molar-refractivity contribution in [2.45, 2.75) is 4.90 Å². The molecular weight excluding hydrogens is 402 g/mol. The number of carboxylic acids is 1. The smallest absolute Gasteiger partial charge is 0.311 e. The van der Waals surface area contributed by atoms with Gasteiger partial charge in [0.25, 0.3) is 0 Å². The summed E-state index contributed by atoms with van der Waals surface area (Å²) in [6, 6.07) is 23.9. The molecule has 0 heterocycles. The second kappa shape index (κ2) is 9.25. The number of rotatable bonds is 8. The first-order valence-electron chi connectivity index (χ1n) is 9.13. The maximum absolute atomic E-state index is 12.7. The zero-order valence-corrected chi connectivity index (χ0v) is 16.7. The van der Waals surface area contributed by atoms with Gasteiger partial charge < -0.3 is 9.84 Å². The third-order valence-electron chi connectivity index (χ3n) is 4.52. The highest BCUT2D eigenvalue weighted by molar-refractivity contribution is 7.91. The van der Waals surface area contributed by atoms with E-state index in [-0.39, 0.29) is 11.5 Å². The zero-order chi connectivity index (χ0) is 21.6. The minimum atomic E-state index is -3.82. The van der Waals surface area contributed by atoms with Crippen molar-refractivity contribution < 1.29 is 23.1 Å². The van der Waals surface area contributed by atoms with Crippen molar-refractivity contribution >= 4 is 15.8 Å². The van der Waals surface area contributed by atoms with Gasteiger partial charge in [-0.3, -0.25) is 4.79 Å². The zero-order valence-electron chi connectivity index (χ0n) is 15.9. The van der Waals surface area contributed by atoms with E-state index >= 15 is 0 Å². The third-order valence-corrected chi connectivity index (χ3v) is 6.36. The molecule has 0 saturated heterocycles. The van der Waals surface area contributed by atoms with E-state index in [0.29, 0.717) is 11.3 Å². The largest absolute Gasteiger partial charge is 0.493 e. The Labute approximate surface area is 174 Å². The fraction of sp³-hybridized carbons (Fsp3) is 0.130. The fourth-order valence-corrected chi connectivity index (χ4v) is 4.37. The van der Waals surface area contributed by atoms with Gasteiger partial charge in [-0.2, -0.15) is 5.26 Å². The average Bonchev–Trinajstić information content (AvgIpc) is 2.77. The molecule has 0 amide bonds. The molecule has 0 aliphatic rings. The number of hydrogen-bond donors (Lipinski definition) is 1. The summed E-state index contributed by atoms with van der Waals surface area (Å²) in [5.41, 5.74) is 2.17. The molecule has 1 N–H and O–H groups in total. The van der Waals surface area contributed by atoms with E-state index in [1.165, 1.54) is 12.1 Å². The number of hydrogen-bond acceptors (Lipinski definition) is 5. The molecule has 3 aromatic carbocycles. The van der Waals surface area contributed by atoms with Crippen LogP contribution < -0.4 is 4.74 Å². The Bertz CT molecular complexity index is 1150. The minimum absolute atomic E-state index is 0.0471. The third kappa shape index (κ3) is 5.25. The first-order valence-corrected chi connectivity index (χ1v) is 10.8. The van der Waals surface area contributed by atoms with Gasteiger partial charge >= 0.3 is 5.97 Å². The summed E-state index contributed by atoms with van der Waals surface area (Å²) in [5.74, 6) is -2.52. The Morgan fingerprint density at radius 2 is 1.50 bits per heavy atom. The lowest BCUT2D eigenvalue weighted by atomic mass is 10.0. The van der Waals surface area contributed by atoms with Crippen LogP contribution in [-0.2, 0) is 14.6 Å². The van der Waals surface area contributed by atoms with Crippen LogP contribution >= 0.6 is 0 Å². The van der Waals surface area contributed by atoms with Crippen molar-refractivity contribution in [3.63, 3.8) is 0 Å². The van der Waals surface area contributed by atoms with Crippen LogP contribution in [0.5, 0.6) is 5.75 Å². The summed E-state index contributed by atoms with van der Waals surface area (Å²) in [5, 5.41) is 18.3. The number of ether oxygens (including phenoxy) is 1. The molecule has 0 spiro atoms. The van der Waals surface area contributed by atoms with E-state index in [0.717, 1.165) is 11.1 Å². The van der Waals surface area contributed by atoms with E-state index in [4.69, 9.17) is 10.00 Å². The van der Waals surface area contributed by atoms with E-state index in [1.807, 2.05) is 6.07 Å². The lowest BCUT2D eigenvalue weighted by Crippen LogP contribution is -2.29. The summed E-state index contributed by atoms with van der Waals surface area (Å²) >= 11 is 0. The maximum Gasteiger partial charge on any atom is 0.311 e. The van der Waals surface area contributed by atoms with Crippen LogP contribution in [0, 0.1) is 17.2 Å². The Morgan fingerprint density at radius 1 is 0.933 bits per heavy atom. The van der Waals surface area contributed by atoms with E-state index in [2.05, 4.69) is 0 Å². The average molecular weight is 421 g/mol. The van der Waals surface area contributed by atoms with E-state index in [9.17, 15) is 18.3 Å². The summed E-state index contributed by atoms with van der Waals surface area (Å²) in [7, 11) is -3.82. The second-order valence-corrected chi connectivity index (χ2v) is 8.69. The number of sulfone groups is 1. The molecule has 152 valence electrons. The summed E-state index contributed by atoms with van der Waals surface area (Å²) < 4.78 is 30.9. The van der Waals surface area contributed by atoms with E-state index < -0.39 is 27.5 Å². The fourth-order valence-electron chi connectivity index (χ4n) is 2.86. The van der Waals surface area contributed by atoms with Gasteiger partial charge in [0, 0.05) is 0 Å². The van der Waals surface area contributed by atoms with Crippen molar-refractivity contribution in [2.24, 2.45) is 5.92 Å². The molecule has 0 aliphatic carbocycles. The molecule has 6 nitrogen and oxygen atoms in total. The van der Waals surface area contributed by atoms with Gasteiger partial charge in [-0.25, -0.2) is 8.42 Å². The van der Waals surface area contributed by atoms with E-state index in [1.54, 1.807) is 66.7 Å². The molecule has 0 aliphatic heterocycles. The quantitative estimate of drug-likeness (QED) is 0.594. The van der Waals surface area contributed by atoms with Crippen LogP contribution in [-0.4, -0.2) is 31.9 Å². The Balaban J connectivity index is 1.72. The highest BCUT2D eigenvalue weighted by Gasteiger charge is 2.27. The molecule has 0 saturated carbocycles. The molecular formula is C23H19NO5S. The standard InChI is InChI=1S/C23H19NO5S/c24-14-17-6-8-18(9-7-17)19-10-12-22(13-11-19)30(27,28)16-20(23(25)26)15-29-21-4-2-1-3-5-21/h1-13,20H,15-16H2,(H,25,26). The van der Waals surface area contributed by atoms with Gasteiger partial charge in [0.1, 0.15) is 18.3 Å². The summed E-state index contributed by atoms with van der Waals surface area (Å²) in [6.07, 6.45) is 0. The number of benzene rings is 3. The SMILES string of the molecule is N#Cc1ccc(-c2ccc(S(=O)(=O)CC(COc3ccccc3)C(=O)O)cc2)cc1. The number of para-hydroxylation sites is 1. The Kier molecular flexibility index (Phi) is 6.50. The molecule has 30 heavy (non-hydrogen) atoms. The number of nitrogens with zero attached hydrogens (tertiary/aromatic N) is 1. The highest BCUT2D eigenvalue weighted by Crippen LogP contribution is 2.23. The molecule has 1 unspecified atom stereocenters. The summed E-state index contributed by atoms with van der Waals surface area (Å²) in [4.78, 5) is 11.6. The first kappa shape index (κ1) is 21.1. The number of aliphatic carboxylic acids is 1. The molecule has 0 radical (unpaired) electrons. The van der Waals surface area contributed by atoms with Crippen LogP contribution in [0.25, 0.3) is 11.1 Å². The van der Waals surface area contributed by atoms with Crippen LogP contribution in [0.2, 0.25) is 0 Å². The highest BCUT2D eigenvalue weighted by atomic mass is 32.2. The molecule has 1 atom stereocenters. The first-order chi connectivity index (χ1) is 14.4. The second-order valence-electron chi connectivity index (χ2n) is 6.65. The molecule has 0 aromatic heterocycles. The summed E-state index contributed by atoms with van der Waals surface area (Å²) in [6.45, 7) is -0.248. The molecule has 3 aromatic rings. The predicted octanol–water partition coefficient (Wildman–Crippen LogP) is 3.78. The van der Waals surface area contributed by atoms with Gasteiger partial charge in [0.05, 0.1) is 22.3 Å². The molecule has 3 rings (SSSR count). The van der Waals surface area contributed by atoms with Crippen molar-refractivity contribution in [3.8, 4) is 22.9 Å². The van der Waals surface area contributed by atoms with Crippen LogP contribution in [0.3, 0.4) is 0 Å². The van der Waals surface area contributed by atoms with Crippen molar-refractivity contribution in [1.29, 1.82) is 5.26 Å². The van der Waals surface area contributed by atoms with Crippen LogP contribution in [0.15, 0.2) is 83.8 Å². The van der Waals surface area contributed by atoms with Gasteiger partial charge in [-0.15, -0.1) is 0 Å². The normalized spacial score (nSPS) is 12.0. The maximum atomic E-state index is 12.7. The van der Waals surface area contributed by atoms with Crippen molar-refractivity contribution in [1.82, 2.24) is 0 Å². The topological polar surface area (TPSA) is 104 Å².